The lowest BCUT2D eigenvalue weighted by Gasteiger charge is -2.22. The molecule has 1 N–H and O–H groups in total. The Bertz CT molecular complexity index is 942. The quantitative estimate of drug-likeness (QED) is 0.602. The molecule has 0 bridgehead atoms. The van der Waals surface area contributed by atoms with Crippen LogP contribution in [0.3, 0.4) is 0 Å². The molecule has 1 aromatic heterocycles. The van der Waals surface area contributed by atoms with Crippen molar-refractivity contribution < 1.29 is 31.5 Å². The zero-order chi connectivity index (χ0) is 21.4. The number of nitrogens with one attached hydrogen (secondary N) is 1. The molecule has 5 nitrogen and oxygen atoms in total. The van der Waals surface area contributed by atoms with Crippen LogP contribution >= 0.6 is 0 Å². The number of carbonyl (C=O) groups excluding carboxylic acids is 2. The molecule has 0 saturated carbocycles. The van der Waals surface area contributed by atoms with Crippen molar-refractivity contribution in [3.63, 3.8) is 0 Å². The fraction of sp³-hybridized carbons (Fsp3) is 0.316. The predicted octanol–water partition coefficient (Wildman–Crippen LogP) is 4.23. The molecule has 1 saturated heterocycles. The number of aromatic nitrogens is 1. The van der Waals surface area contributed by atoms with E-state index in [1.165, 1.54) is 11.1 Å². The second-order valence-corrected chi connectivity index (χ2v) is 6.71. The summed E-state index contributed by atoms with van der Waals surface area (Å²) < 4.78 is 64.6. The van der Waals surface area contributed by atoms with Gasteiger partial charge in [-0.2, -0.15) is 13.2 Å². The second kappa shape index (κ2) is 7.41. The van der Waals surface area contributed by atoms with E-state index in [4.69, 9.17) is 0 Å². The summed E-state index contributed by atoms with van der Waals surface area (Å²) in [6, 6.07) is 5.58. The topological polar surface area (TPSA) is 62.3 Å². The third-order valence-corrected chi connectivity index (χ3v) is 4.51. The third-order valence-electron chi connectivity index (χ3n) is 4.51. The van der Waals surface area contributed by atoms with E-state index >= 15 is 0 Å². The average Bonchev–Trinajstić information content (AvgIpc) is 3.01. The van der Waals surface area contributed by atoms with Gasteiger partial charge in [-0.3, -0.25) is 9.59 Å². The number of amides is 1. The fourth-order valence-corrected chi connectivity index (χ4v) is 2.98. The Labute approximate surface area is 162 Å². The zero-order valence-corrected chi connectivity index (χ0v) is 15.2. The number of alkyl halides is 5. The van der Waals surface area contributed by atoms with E-state index in [0.29, 0.717) is 5.56 Å². The number of aryl methyl sites for hydroxylation is 1. The van der Waals surface area contributed by atoms with Crippen molar-refractivity contribution in [1.29, 1.82) is 0 Å². The van der Waals surface area contributed by atoms with E-state index in [2.05, 4.69) is 10.3 Å². The van der Waals surface area contributed by atoms with Gasteiger partial charge in [0.2, 0.25) is 0 Å². The van der Waals surface area contributed by atoms with E-state index in [9.17, 15) is 31.5 Å². The molecule has 0 atom stereocenters. The number of halogens is 5. The Hall–Kier alpha value is -3.04. The summed E-state index contributed by atoms with van der Waals surface area (Å²) in [4.78, 5) is 29.2. The molecule has 1 amide bonds. The highest BCUT2D eigenvalue weighted by Gasteiger charge is 2.40. The van der Waals surface area contributed by atoms with Gasteiger partial charge in [-0.05, 0) is 30.7 Å². The van der Waals surface area contributed by atoms with Crippen molar-refractivity contribution in [2.45, 2.75) is 25.4 Å². The SMILES string of the molecule is Cc1ccnc(N2CCC(F)(F)C2)c1NC(=O)c1ccc(C(=O)C(F)(F)F)cc1. The molecule has 154 valence electrons. The van der Waals surface area contributed by atoms with Crippen molar-refractivity contribution in [3.05, 3.63) is 53.2 Å². The zero-order valence-electron chi connectivity index (χ0n) is 15.2. The molecule has 10 heteroatoms. The van der Waals surface area contributed by atoms with E-state index in [0.717, 1.165) is 24.3 Å². The van der Waals surface area contributed by atoms with Gasteiger partial charge >= 0.3 is 6.18 Å². The van der Waals surface area contributed by atoms with Crippen LogP contribution in [0.4, 0.5) is 33.5 Å². The van der Waals surface area contributed by atoms with Crippen molar-refractivity contribution >= 4 is 23.2 Å². The highest BCUT2D eigenvalue weighted by molar-refractivity contribution is 6.07. The lowest BCUT2D eigenvalue weighted by molar-refractivity contribution is -0.0885. The Morgan fingerprint density at radius 2 is 1.72 bits per heavy atom. The first kappa shape index (κ1) is 20.7. The van der Waals surface area contributed by atoms with Crippen molar-refractivity contribution in [1.82, 2.24) is 4.98 Å². The molecule has 29 heavy (non-hydrogen) atoms. The second-order valence-electron chi connectivity index (χ2n) is 6.71. The maximum Gasteiger partial charge on any atom is 0.454 e. The molecular weight excluding hydrogens is 397 g/mol. The van der Waals surface area contributed by atoms with E-state index in [1.807, 2.05) is 0 Å². The molecule has 3 rings (SSSR count). The number of benzene rings is 1. The van der Waals surface area contributed by atoms with Gasteiger partial charge in [-0.15, -0.1) is 0 Å². The summed E-state index contributed by atoms with van der Waals surface area (Å²) >= 11 is 0. The number of ketones is 1. The van der Waals surface area contributed by atoms with Crippen molar-refractivity contribution in [2.75, 3.05) is 23.3 Å². The first-order chi connectivity index (χ1) is 13.5. The smallest absolute Gasteiger partial charge is 0.349 e. The fourth-order valence-electron chi connectivity index (χ4n) is 2.98. The number of hydrogen-bond donors (Lipinski definition) is 1. The van der Waals surface area contributed by atoms with Gasteiger partial charge in [0, 0.05) is 30.3 Å². The van der Waals surface area contributed by atoms with Crippen LogP contribution in [-0.2, 0) is 0 Å². The van der Waals surface area contributed by atoms with Gasteiger partial charge in [0.15, 0.2) is 5.82 Å². The summed E-state index contributed by atoms with van der Waals surface area (Å²) in [6.07, 6.45) is -3.90. The van der Waals surface area contributed by atoms with Gasteiger partial charge < -0.3 is 10.2 Å². The Morgan fingerprint density at radius 3 is 2.28 bits per heavy atom. The Balaban J connectivity index is 1.82. The molecule has 1 aliphatic heterocycles. The molecule has 1 aliphatic rings. The number of carbonyl (C=O) groups is 2. The first-order valence-electron chi connectivity index (χ1n) is 8.59. The monoisotopic (exact) mass is 413 g/mol. The summed E-state index contributed by atoms with van der Waals surface area (Å²) in [7, 11) is 0. The first-order valence-corrected chi connectivity index (χ1v) is 8.59. The molecule has 0 spiro atoms. The summed E-state index contributed by atoms with van der Waals surface area (Å²) in [5, 5.41) is 2.58. The lowest BCUT2D eigenvalue weighted by Crippen LogP contribution is -2.27. The van der Waals surface area contributed by atoms with Gasteiger partial charge in [0.05, 0.1) is 12.2 Å². The van der Waals surface area contributed by atoms with E-state index < -0.39 is 35.9 Å². The van der Waals surface area contributed by atoms with Crippen LogP contribution in [0.15, 0.2) is 36.5 Å². The molecule has 1 fully saturated rings. The van der Waals surface area contributed by atoms with E-state index in [1.54, 1.807) is 13.0 Å². The normalized spacial score (nSPS) is 16.0. The van der Waals surface area contributed by atoms with Crippen LogP contribution in [0.25, 0.3) is 0 Å². The number of Topliss-reactive ketones (excluding diaryl/α,β-unsaturated/α-hetero) is 1. The molecule has 2 aromatic rings. The highest BCUT2D eigenvalue weighted by atomic mass is 19.4. The number of hydrogen-bond acceptors (Lipinski definition) is 4. The summed E-state index contributed by atoms with van der Waals surface area (Å²) in [6.45, 7) is 1.21. The van der Waals surface area contributed by atoms with Crippen molar-refractivity contribution in [2.24, 2.45) is 0 Å². The maximum absolute atomic E-state index is 13.6. The predicted molar refractivity (Wildman–Crippen MR) is 95.5 cm³/mol. The molecule has 2 heterocycles. The molecule has 1 aromatic carbocycles. The van der Waals surface area contributed by atoms with Gasteiger partial charge in [0.25, 0.3) is 17.6 Å². The minimum Gasteiger partial charge on any atom is -0.349 e. The Kier molecular flexibility index (Phi) is 5.29. The number of rotatable bonds is 4. The largest absolute Gasteiger partial charge is 0.454 e. The molecular formula is C19H16F5N3O2. The molecule has 0 aliphatic carbocycles. The van der Waals surface area contributed by atoms with Crippen LogP contribution in [0.2, 0.25) is 0 Å². The summed E-state index contributed by atoms with van der Waals surface area (Å²) in [5.41, 5.74) is 0.240. The lowest BCUT2D eigenvalue weighted by atomic mass is 10.1. The third kappa shape index (κ3) is 4.52. The minimum absolute atomic E-state index is 0.00433. The van der Waals surface area contributed by atoms with Gasteiger partial charge in [-0.25, -0.2) is 13.8 Å². The number of anilines is 2. The standard InChI is InChI=1S/C19H16F5N3O2/c1-11-6-8-25-16(27-9-7-18(20,21)10-27)14(11)26-17(29)13-4-2-12(3-5-13)15(28)19(22,23)24/h2-6,8H,7,9-10H2,1H3,(H,26,29). The van der Waals surface area contributed by atoms with Crippen LogP contribution in [0.1, 0.15) is 32.7 Å². The Morgan fingerprint density at radius 1 is 1.10 bits per heavy atom. The maximum atomic E-state index is 13.6. The van der Waals surface area contributed by atoms with Gasteiger partial charge in [0.1, 0.15) is 0 Å². The van der Waals surface area contributed by atoms with E-state index in [-0.39, 0.29) is 30.0 Å². The molecule has 0 unspecified atom stereocenters. The van der Waals surface area contributed by atoms with Gasteiger partial charge in [-0.1, -0.05) is 12.1 Å². The highest BCUT2D eigenvalue weighted by Crippen LogP contribution is 2.35. The average molecular weight is 413 g/mol. The molecule has 0 radical (unpaired) electrons. The minimum atomic E-state index is -5.01. The van der Waals surface area contributed by atoms with Crippen LogP contribution in [-0.4, -0.2) is 41.9 Å². The van der Waals surface area contributed by atoms with Crippen LogP contribution in [0, 0.1) is 6.92 Å². The number of nitrogens with zero attached hydrogens (tertiary/aromatic N) is 2. The van der Waals surface area contributed by atoms with Crippen molar-refractivity contribution in [3.8, 4) is 0 Å². The summed E-state index contributed by atoms with van der Waals surface area (Å²) in [5.74, 6) is -5.34. The number of pyridine rings is 1. The van der Waals surface area contributed by atoms with Crippen LogP contribution < -0.4 is 10.2 Å². The van der Waals surface area contributed by atoms with Crippen LogP contribution in [0.5, 0.6) is 0 Å².